The summed E-state index contributed by atoms with van der Waals surface area (Å²) in [7, 11) is 0. The third kappa shape index (κ3) is 2.50. The Labute approximate surface area is 90.1 Å². The minimum atomic E-state index is 0.445. The summed E-state index contributed by atoms with van der Waals surface area (Å²) < 4.78 is 1.36. The molecule has 0 unspecified atom stereocenters. The van der Waals surface area contributed by atoms with E-state index in [2.05, 4.69) is 27.7 Å². The number of quaternary nitrogens is 1. The van der Waals surface area contributed by atoms with Crippen LogP contribution in [-0.4, -0.2) is 29.7 Å². The summed E-state index contributed by atoms with van der Waals surface area (Å²) >= 11 is 0. The number of hydrogen-bond donors (Lipinski definition) is 0. The van der Waals surface area contributed by atoms with Gasteiger partial charge >= 0.3 is 0 Å². The molecule has 0 bridgehead atoms. The first-order valence-electron chi connectivity index (χ1n) is 6.38. The molecule has 0 aromatic heterocycles. The van der Waals surface area contributed by atoms with Crippen molar-refractivity contribution in [1.82, 2.24) is 0 Å². The van der Waals surface area contributed by atoms with Crippen molar-refractivity contribution in [1.29, 1.82) is 0 Å². The third-order valence-electron chi connectivity index (χ3n) is 4.00. The summed E-state index contributed by atoms with van der Waals surface area (Å²) in [5.74, 6) is 0. The van der Waals surface area contributed by atoms with Crippen molar-refractivity contribution < 1.29 is 4.48 Å². The molecule has 0 N–H and O–H groups in total. The molecule has 1 heteroatoms. The van der Waals surface area contributed by atoms with E-state index >= 15 is 0 Å². The second-order valence-electron chi connectivity index (χ2n) is 5.90. The van der Waals surface area contributed by atoms with E-state index in [1.165, 1.54) is 56.2 Å². The van der Waals surface area contributed by atoms with Crippen molar-refractivity contribution in [3.05, 3.63) is 0 Å². The zero-order chi connectivity index (χ0) is 10.7. The molecule has 1 aliphatic heterocycles. The van der Waals surface area contributed by atoms with Crippen molar-refractivity contribution in [3.8, 4) is 0 Å². The van der Waals surface area contributed by atoms with Gasteiger partial charge in [-0.2, -0.15) is 0 Å². The van der Waals surface area contributed by atoms with Crippen LogP contribution in [0.15, 0.2) is 0 Å². The van der Waals surface area contributed by atoms with Crippen molar-refractivity contribution >= 4 is 0 Å². The Morgan fingerprint density at radius 3 is 1.79 bits per heavy atom. The first-order chi connectivity index (χ1) is 6.52. The van der Waals surface area contributed by atoms with E-state index in [0.29, 0.717) is 5.54 Å². The maximum atomic E-state index is 2.42. The van der Waals surface area contributed by atoms with Crippen LogP contribution in [0, 0.1) is 0 Å². The topological polar surface area (TPSA) is 0 Å². The molecule has 1 aliphatic rings. The Bertz CT molecular complexity index is 159. The maximum absolute atomic E-state index is 2.42. The first kappa shape index (κ1) is 12.0. The second-order valence-corrected chi connectivity index (χ2v) is 5.90. The Hall–Kier alpha value is -0.0400. The molecule has 0 radical (unpaired) electrons. The van der Waals surface area contributed by atoms with Crippen molar-refractivity contribution in [2.75, 3.05) is 19.6 Å². The fraction of sp³-hybridized carbons (Fsp3) is 1.00. The van der Waals surface area contributed by atoms with Gasteiger partial charge in [0.25, 0.3) is 0 Å². The van der Waals surface area contributed by atoms with Crippen LogP contribution in [0.25, 0.3) is 0 Å². The normalized spacial score (nSPS) is 23.1. The van der Waals surface area contributed by atoms with E-state index in [1.54, 1.807) is 0 Å². The van der Waals surface area contributed by atoms with Gasteiger partial charge < -0.3 is 4.48 Å². The summed E-state index contributed by atoms with van der Waals surface area (Å²) in [5, 5.41) is 0. The molecule has 1 rings (SSSR count). The van der Waals surface area contributed by atoms with Crippen molar-refractivity contribution in [3.63, 3.8) is 0 Å². The van der Waals surface area contributed by atoms with Gasteiger partial charge in [-0.1, -0.05) is 6.92 Å². The second kappa shape index (κ2) is 4.65. The average Bonchev–Trinajstić information content (AvgIpc) is 2.30. The molecule has 0 saturated carbocycles. The van der Waals surface area contributed by atoms with Gasteiger partial charge in [-0.05, 0) is 52.9 Å². The Morgan fingerprint density at radius 1 is 0.929 bits per heavy atom. The molecular weight excluding hydrogens is 170 g/mol. The monoisotopic (exact) mass is 198 g/mol. The maximum Gasteiger partial charge on any atom is 0.0907 e. The van der Waals surface area contributed by atoms with Crippen LogP contribution in [0.5, 0.6) is 0 Å². The molecule has 1 saturated heterocycles. The SMILES string of the molecule is CCC[N+]1(C(C)(C)C)CCCCCC1. The summed E-state index contributed by atoms with van der Waals surface area (Å²) in [6, 6.07) is 0. The van der Waals surface area contributed by atoms with E-state index in [-0.39, 0.29) is 0 Å². The molecule has 0 spiro atoms. The van der Waals surface area contributed by atoms with Crippen molar-refractivity contribution in [2.24, 2.45) is 0 Å². The van der Waals surface area contributed by atoms with Gasteiger partial charge in [0, 0.05) is 0 Å². The summed E-state index contributed by atoms with van der Waals surface area (Å²) in [6.45, 7) is 13.8. The molecular formula is C13H28N+. The molecule has 1 nitrogen and oxygen atoms in total. The first-order valence-corrected chi connectivity index (χ1v) is 6.38. The van der Waals surface area contributed by atoms with Gasteiger partial charge in [0.15, 0.2) is 0 Å². The van der Waals surface area contributed by atoms with Crippen LogP contribution >= 0.6 is 0 Å². The highest BCUT2D eigenvalue weighted by Gasteiger charge is 2.39. The van der Waals surface area contributed by atoms with E-state index in [9.17, 15) is 0 Å². The van der Waals surface area contributed by atoms with E-state index in [4.69, 9.17) is 0 Å². The predicted molar refractivity (Wildman–Crippen MR) is 63.4 cm³/mol. The molecule has 1 fully saturated rings. The van der Waals surface area contributed by atoms with Gasteiger partial charge in [0.2, 0.25) is 0 Å². The largest absolute Gasteiger partial charge is 0.319 e. The number of nitrogens with zero attached hydrogens (tertiary/aromatic N) is 1. The molecule has 0 amide bonds. The van der Waals surface area contributed by atoms with Gasteiger partial charge in [-0.25, -0.2) is 0 Å². The van der Waals surface area contributed by atoms with Crippen LogP contribution in [0.2, 0.25) is 0 Å². The van der Waals surface area contributed by atoms with Gasteiger partial charge in [-0.15, -0.1) is 0 Å². The van der Waals surface area contributed by atoms with E-state index in [1.807, 2.05) is 0 Å². The van der Waals surface area contributed by atoms with Gasteiger partial charge in [0.05, 0.1) is 25.2 Å². The van der Waals surface area contributed by atoms with Crippen LogP contribution < -0.4 is 0 Å². The quantitative estimate of drug-likeness (QED) is 0.595. The Kier molecular flexibility index (Phi) is 4.00. The molecule has 1 heterocycles. The zero-order valence-corrected chi connectivity index (χ0v) is 10.6. The molecule has 0 aliphatic carbocycles. The zero-order valence-electron chi connectivity index (χ0n) is 10.6. The molecule has 0 aromatic carbocycles. The highest BCUT2D eigenvalue weighted by atomic mass is 15.4. The lowest BCUT2D eigenvalue weighted by molar-refractivity contribution is -0.970. The van der Waals surface area contributed by atoms with Crippen LogP contribution in [0.1, 0.15) is 59.8 Å². The molecule has 84 valence electrons. The Balaban J connectivity index is 2.77. The lowest BCUT2D eigenvalue weighted by atomic mass is 9.99. The molecule has 0 aromatic rings. The fourth-order valence-corrected chi connectivity index (χ4v) is 2.95. The van der Waals surface area contributed by atoms with E-state index < -0.39 is 0 Å². The third-order valence-corrected chi connectivity index (χ3v) is 4.00. The summed E-state index contributed by atoms with van der Waals surface area (Å²) in [4.78, 5) is 0. The van der Waals surface area contributed by atoms with Crippen LogP contribution in [0.3, 0.4) is 0 Å². The standard InChI is InChI=1S/C13H28N/c1-5-10-14(13(2,3)4)11-8-6-7-9-12-14/h5-12H2,1-4H3/q+1. The summed E-state index contributed by atoms with van der Waals surface area (Å²) in [5.41, 5.74) is 0.445. The predicted octanol–water partition coefficient (Wildman–Crippen LogP) is 3.59. The van der Waals surface area contributed by atoms with Gasteiger partial charge in [0.1, 0.15) is 0 Å². The highest BCUT2D eigenvalue weighted by molar-refractivity contribution is 4.67. The number of rotatable bonds is 2. The van der Waals surface area contributed by atoms with Crippen LogP contribution in [0.4, 0.5) is 0 Å². The number of hydrogen-bond acceptors (Lipinski definition) is 0. The van der Waals surface area contributed by atoms with E-state index in [0.717, 1.165) is 0 Å². The average molecular weight is 198 g/mol. The Morgan fingerprint density at radius 2 is 1.43 bits per heavy atom. The lowest BCUT2D eigenvalue weighted by Crippen LogP contribution is -2.61. The number of likely N-dealkylation sites (tertiary alicyclic amines) is 1. The lowest BCUT2D eigenvalue weighted by Gasteiger charge is -2.48. The minimum Gasteiger partial charge on any atom is -0.319 e. The smallest absolute Gasteiger partial charge is 0.0907 e. The highest BCUT2D eigenvalue weighted by Crippen LogP contribution is 2.29. The summed E-state index contributed by atoms with van der Waals surface area (Å²) in [6.07, 6.45) is 7.13. The van der Waals surface area contributed by atoms with Crippen LogP contribution in [-0.2, 0) is 0 Å². The minimum absolute atomic E-state index is 0.445. The molecule has 14 heavy (non-hydrogen) atoms. The fourth-order valence-electron chi connectivity index (χ4n) is 2.95. The van der Waals surface area contributed by atoms with Crippen molar-refractivity contribution in [2.45, 2.75) is 65.3 Å². The van der Waals surface area contributed by atoms with Gasteiger partial charge in [-0.3, -0.25) is 0 Å². The molecule has 0 atom stereocenters.